The van der Waals surface area contributed by atoms with Gasteiger partial charge in [0, 0.05) is 0 Å². The molecule has 3 heteroatoms. The number of hydrogen-bond acceptors (Lipinski definition) is 2. The number of hydrogen-bond donors (Lipinski definition) is 1. The third-order valence-corrected chi connectivity index (χ3v) is 3.87. The molecule has 3 unspecified atom stereocenters. The van der Waals surface area contributed by atoms with E-state index in [1.807, 2.05) is 0 Å². The van der Waals surface area contributed by atoms with E-state index in [0.717, 1.165) is 18.3 Å². The molecule has 0 aliphatic heterocycles. The van der Waals surface area contributed by atoms with Crippen LogP contribution in [-0.4, -0.2) is 17.9 Å². The Balaban J connectivity index is 2.41. The first-order valence-electron chi connectivity index (χ1n) is 6.36. The average Bonchev–Trinajstić information content (AvgIpc) is 2.16. The van der Waals surface area contributed by atoms with Crippen LogP contribution in [0.25, 0.3) is 0 Å². The molecule has 0 aromatic heterocycles. The van der Waals surface area contributed by atoms with Gasteiger partial charge in [0.1, 0.15) is 0 Å². The summed E-state index contributed by atoms with van der Waals surface area (Å²) in [6.07, 6.45) is 3.58. The summed E-state index contributed by atoms with van der Waals surface area (Å²) < 4.78 is 4.62. The summed E-state index contributed by atoms with van der Waals surface area (Å²) in [5, 5.41) is 8.45. The highest BCUT2D eigenvalue weighted by Gasteiger charge is 2.30. The number of ether oxygens (including phenoxy) is 1. The van der Waals surface area contributed by atoms with Gasteiger partial charge < -0.3 is 9.84 Å². The first-order valence-corrected chi connectivity index (χ1v) is 6.36. The van der Waals surface area contributed by atoms with Crippen LogP contribution in [-0.2, 0) is 4.74 Å². The van der Waals surface area contributed by atoms with Crippen LogP contribution in [0.15, 0.2) is 0 Å². The van der Waals surface area contributed by atoms with Crippen molar-refractivity contribution < 1.29 is 14.6 Å². The molecule has 1 saturated carbocycles. The number of carbonyl (C=O) groups is 1. The molecule has 1 aliphatic rings. The maximum atomic E-state index is 10.3. The highest BCUT2D eigenvalue weighted by atomic mass is 16.7. The van der Waals surface area contributed by atoms with E-state index in [1.54, 1.807) is 0 Å². The van der Waals surface area contributed by atoms with Crippen molar-refractivity contribution >= 4 is 6.16 Å². The molecule has 0 heterocycles. The van der Waals surface area contributed by atoms with Crippen molar-refractivity contribution in [1.29, 1.82) is 0 Å². The second kappa shape index (κ2) is 6.12. The van der Waals surface area contributed by atoms with Gasteiger partial charge in [-0.05, 0) is 42.9 Å². The van der Waals surface area contributed by atoms with Gasteiger partial charge in [0.15, 0.2) is 0 Å². The zero-order valence-electron chi connectivity index (χ0n) is 10.6. The van der Waals surface area contributed by atoms with E-state index in [2.05, 4.69) is 25.5 Å². The predicted octanol–water partition coefficient (Wildman–Crippen LogP) is 3.78. The lowest BCUT2D eigenvalue weighted by molar-refractivity contribution is 0.0676. The van der Waals surface area contributed by atoms with Gasteiger partial charge in [-0.3, -0.25) is 0 Å². The van der Waals surface area contributed by atoms with Gasteiger partial charge in [0.05, 0.1) is 6.61 Å². The highest BCUT2D eigenvalue weighted by Crippen LogP contribution is 2.39. The molecule has 1 aliphatic carbocycles. The Morgan fingerprint density at radius 2 is 2.12 bits per heavy atom. The van der Waals surface area contributed by atoms with E-state index in [4.69, 9.17) is 5.11 Å². The van der Waals surface area contributed by atoms with E-state index < -0.39 is 6.16 Å². The van der Waals surface area contributed by atoms with E-state index in [1.165, 1.54) is 19.3 Å². The standard InChI is InChI=1S/C13H24O3/c1-9(2)12-5-4-10(3)8-11(12)6-7-16-13(14)15/h9-12H,4-8H2,1-3H3,(H,14,15). The van der Waals surface area contributed by atoms with Crippen molar-refractivity contribution in [3.05, 3.63) is 0 Å². The van der Waals surface area contributed by atoms with Crippen LogP contribution in [0, 0.1) is 23.7 Å². The minimum atomic E-state index is -1.15. The topological polar surface area (TPSA) is 46.5 Å². The lowest BCUT2D eigenvalue weighted by Crippen LogP contribution is -2.28. The van der Waals surface area contributed by atoms with E-state index in [-0.39, 0.29) is 0 Å². The van der Waals surface area contributed by atoms with Crippen molar-refractivity contribution in [1.82, 2.24) is 0 Å². The summed E-state index contributed by atoms with van der Waals surface area (Å²) in [5.41, 5.74) is 0. The van der Waals surface area contributed by atoms with Gasteiger partial charge in [-0.2, -0.15) is 0 Å². The fourth-order valence-electron chi connectivity index (χ4n) is 3.03. The van der Waals surface area contributed by atoms with Crippen molar-refractivity contribution in [2.75, 3.05) is 6.61 Å². The van der Waals surface area contributed by atoms with Crippen molar-refractivity contribution in [3.63, 3.8) is 0 Å². The summed E-state index contributed by atoms with van der Waals surface area (Å²) in [7, 11) is 0. The van der Waals surface area contributed by atoms with E-state index in [9.17, 15) is 4.79 Å². The van der Waals surface area contributed by atoms with Crippen LogP contribution in [0.4, 0.5) is 4.79 Å². The molecule has 0 spiro atoms. The summed E-state index contributed by atoms with van der Waals surface area (Å²) in [6.45, 7) is 7.19. The van der Waals surface area contributed by atoms with Crippen LogP contribution >= 0.6 is 0 Å². The summed E-state index contributed by atoms with van der Waals surface area (Å²) in [4.78, 5) is 10.3. The molecule has 3 nitrogen and oxygen atoms in total. The number of carboxylic acid groups (broad SMARTS) is 1. The van der Waals surface area contributed by atoms with Gasteiger partial charge in [-0.15, -0.1) is 0 Å². The van der Waals surface area contributed by atoms with Crippen molar-refractivity contribution in [2.24, 2.45) is 23.7 Å². The van der Waals surface area contributed by atoms with Gasteiger partial charge in [0.2, 0.25) is 0 Å². The molecular formula is C13H24O3. The average molecular weight is 228 g/mol. The molecule has 0 bridgehead atoms. The monoisotopic (exact) mass is 228 g/mol. The first kappa shape index (κ1) is 13.3. The fraction of sp³-hybridized carbons (Fsp3) is 0.923. The SMILES string of the molecule is CC1CCC(C(C)C)C(CCOC(=O)O)C1. The molecule has 16 heavy (non-hydrogen) atoms. The Morgan fingerprint density at radius 3 is 2.69 bits per heavy atom. The van der Waals surface area contributed by atoms with Crippen LogP contribution in [0.1, 0.15) is 46.5 Å². The Labute approximate surface area is 98.2 Å². The van der Waals surface area contributed by atoms with E-state index >= 15 is 0 Å². The zero-order valence-corrected chi connectivity index (χ0v) is 10.6. The third kappa shape index (κ3) is 4.03. The third-order valence-electron chi connectivity index (χ3n) is 3.87. The van der Waals surface area contributed by atoms with Gasteiger partial charge in [-0.1, -0.05) is 27.2 Å². The minimum absolute atomic E-state index is 0.357. The maximum absolute atomic E-state index is 10.3. The van der Waals surface area contributed by atoms with Crippen LogP contribution in [0.2, 0.25) is 0 Å². The molecule has 0 amide bonds. The molecule has 0 aromatic rings. The summed E-state index contributed by atoms with van der Waals surface area (Å²) in [5.74, 6) is 2.86. The Bertz CT molecular complexity index is 225. The largest absolute Gasteiger partial charge is 0.505 e. The summed E-state index contributed by atoms with van der Waals surface area (Å²) >= 11 is 0. The van der Waals surface area contributed by atoms with Crippen LogP contribution in [0.5, 0.6) is 0 Å². The minimum Gasteiger partial charge on any atom is -0.450 e. The van der Waals surface area contributed by atoms with Gasteiger partial charge in [-0.25, -0.2) is 4.79 Å². The molecule has 94 valence electrons. The molecule has 1 N–H and O–H groups in total. The Hall–Kier alpha value is -0.730. The molecule has 1 fully saturated rings. The normalized spacial score (nSPS) is 30.4. The Kier molecular flexibility index (Phi) is 5.10. The quantitative estimate of drug-likeness (QED) is 0.745. The smallest absolute Gasteiger partial charge is 0.450 e. The van der Waals surface area contributed by atoms with Crippen molar-refractivity contribution in [3.8, 4) is 0 Å². The summed E-state index contributed by atoms with van der Waals surface area (Å²) in [6, 6.07) is 0. The van der Waals surface area contributed by atoms with Crippen molar-refractivity contribution in [2.45, 2.75) is 46.5 Å². The lowest BCUT2D eigenvalue weighted by Gasteiger charge is -2.37. The molecule has 0 aromatic carbocycles. The second-order valence-electron chi connectivity index (χ2n) is 5.49. The van der Waals surface area contributed by atoms with Gasteiger partial charge in [0.25, 0.3) is 0 Å². The molecule has 0 saturated heterocycles. The fourth-order valence-corrected chi connectivity index (χ4v) is 3.03. The molecule has 0 radical (unpaired) electrons. The molecule has 3 atom stereocenters. The lowest BCUT2D eigenvalue weighted by atomic mass is 9.69. The maximum Gasteiger partial charge on any atom is 0.505 e. The Morgan fingerprint density at radius 1 is 1.44 bits per heavy atom. The zero-order chi connectivity index (χ0) is 12.1. The van der Waals surface area contributed by atoms with Crippen LogP contribution in [0.3, 0.4) is 0 Å². The molecule has 1 rings (SSSR count). The van der Waals surface area contributed by atoms with E-state index in [0.29, 0.717) is 18.4 Å². The number of rotatable bonds is 4. The first-order chi connectivity index (χ1) is 7.50. The predicted molar refractivity (Wildman–Crippen MR) is 63.4 cm³/mol. The van der Waals surface area contributed by atoms with Gasteiger partial charge >= 0.3 is 6.16 Å². The molecular weight excluding hydrogens is 204 g/mol. The second-order valence-corrected chi connectivity index (χ2v) is 5.49. The van der Waals surface area contributed by atoms with Crippen LogP contribution < -0.4 is 0 Å². The highest BCUT2D eigenvalue weighted by molar-refractivity contribution is 5.56.